The number of carbonyl (C=O) groups excluding carboxylic acids is 2. The summed E-state index contributed by atoms with van der Waals surface area (Å²) in [6, 6.07) is 11.9. The molecule has 0 aliphatic heterocycles. The maximum atomic E-state index is 11.8. The number of hydrogen-bond donors (Lipinski definition) is 1. The number of benzene rings is 2. The molecule has 0 saturated heterocycles. The molecule has 0 aliphatic rings. The molecule has 0 radical (unpaired) electrons. The van der Waals surface area contributed by atoms with E-state index in [4.69, 9.17) is 32.7 Å². The van der Waals surface area contributed by atoms with Crippen molar-refractivity contribution in [2.45, 2.75) is 6.92 Å². The number of esters is 1. The van der Waals surface area contributed by atoms with Gasteiger partial charge < -0.3 is 14.8 Å². The number of para-hydroxylation sites is 1. The summed E-state index contributed by atoms with van der Waals surface area (Å²) < 4.78 is 10.2. The van der Waals surface area contributed by atoms with E-state index in [9.17, 15) is 9.59 Å². The highest BCUT2D eigenvalue weighted by Gasteiger charge is 2.10. The number of anilines is 1. The van der Waals surface area contributed by atoms with Gasteiger partial charge in [-0.05, 0) is 36.8 Å². The molecule has 126 valence electrons. The predicted octanol–water partition coefficient (Wildman–Crippen LogP) is 3.86. The maximum absolute atomic E-state index is 11.8. The molecule has 0 aliphatic carbocycles. The van der Waals surface area contributed by atoms with Gasteiger partial charge in [0.25, 0.3) is 5.91 Å². The third-order valence-electron chi connectivity index (χ3n) is 2.95. The Balaban J connectivity index is 1.77. The van der Waals surface area contributed by atoms with Gasteiger partial charge in [0.05, 0.1) is 0 Å². The molecule has 24 heavy (non-hydrogen) atoms. The molecular weight excluding hydrogens is 353 g/mol. The van der Waals surface area contributed by atoms with Crippen LogP contribution in [0.2, 0.25) is 10.0 Å². The number of ether oxygens (including phenoxy) is 2. The van der Waals surface area contributed by atoms with Gasteiger partial charge in [-0.15, -0.1) is 0 Å². The van der Waals surface area contributed by atoms with Crippen molar-refractivity contribution >= 4 is 40.8 Å². The number of halogens is 2. The minimum absolute atomic E-state index is 0.277. The van der Waals surface area contributed by atoms with Gasteiger partial charge in [0.1, 0.15) is 5.75 Å². The summed E-state index contributed by atoms with van der Waals surface area (Å²) in [5, 5.41) is 3.32. The van der Waals surface area contributed by atoms with Gasteiger partial charge in [0.2, 0.25) is 0 Å². The molecular formula is C17H15Cl2NO4. The third kappa shape index (κ3) is 5.76. The van der Waals surface area contributed by atoms with Crippen molar-refractivity contribution in [1.82, 2.24) is 0 Å². The molecule has 0 aromatic heterocycles. The predicted molar refractivity (Wildman–Crippen MR) is 92.7 cm³/mol. The molecule has 7 heteroatoms. The number of amides is 1. The lowest BCUT2D eigenvalue weighted by Crippen LogP contribution is -2.23. The van der Waals surface area contributed by atoms with Gasteiger partial charge in [0.15, 0.2) is 13.2 Å². The Kier molecular flexibility index (Phi) is 6.46. The van der Waals surface area contributed by atoms with Crippen LogP contribution in [0.25, 0.3) is 0 Å². The van der Waals surface area contributed by atoms with E-state index in [0.29, 0.717) is 21.5 Å². The van der Waals surface area contributed by atoms with Crippen molar-refractivity contribution in [2.75, 3.05) is 18.5 Å². The van der Waals surface area contributed by atoms with E-state index in [1.807, 2.05) is 19.1 Å². The largest absolute Gasteiger partial charge is 0.482 e. The van der Waals surface area contributed by atoms with Crippen LogP contribution in [-0.4, -0.2) is 25.1 Å². The van der Waals surface area contributed by atoms with Crippen LogP contribution in [0.1, 0.15) is 5.56 Å². The number of hydrogen-bond acceptors (Lipinski definition) is 4. The minimum atomic E-state index is -0.641. The molecule has 0 fully saturated rings. The van der Waals surface area contributed by atoms with Crippen LogP contribution in [0, 0.1) is 6.92 Å². The van der Waals surface area contributed by atoms with Gasteiger partial charge >= 0.3 is 5.97 Å². The smallest absolute Gasteiger partial charge is 0.344 e. The molecule has 2 rings (SSSR count). The van der Waals surface area contributed by atoms with Crippen molar-refractivity contribution in [3.8, 4) is 5.75 Å². The lowest BCUT2D eigenvalue weighted by atomic mass is 10.2. The minimum Gasteiger partial charge on any atom is -0.482 e. The zero-order valence-electron chi connectivity index (χ0n) is 12.8. The second-order valence-corrected chi connectivity index (χ2v) is 5.79. The van der Waals surface area contributed by atoms with E-state index in [2.05, 4.69) is 5.32 Å². The fourth-order valence-electron chi connectivity index (χ4n) is 1.87. The molecule has 5 nitrogen and oxygen atoms in total. The van der Waals surface area contributed by atoms with Crippen molar-refractivity contribution in [2.24, 2.45) is 0 Å². The average Bonchev–Trinajstić information content (AvgIpc) is 2.51. The molecule has 0 bridgehead atoms. The van der Waals surface area contributed by atoms with Gasteiger partial charge in [0, 0.05) is 15.7 Å². The van der Waals surface area contributed by atoms with Crippen LogP contribution < -0.4 is 10.1 Å². The Morgan fingerprint density at radius 1 is 1.04 bits per heavy atom. The normalized spacial score (nSPS) is 10.1. The fourth-order valence-corrected chi connectivity index (χ4v) is 2.39. The maximum Gasteiger partial charge on any atom is 0.344 e. The SMILES string of the molecule is Cc1ccccc1OCC(=O)OCC(=O)Nc1cc(Cl)cc(Cl)c1. The number of carbonyl (C=O) groups is 2. The molecule has 0 unspecified atom stereocenters. The zero-order chi connectivity index (χ0) is 17.5. The van der Waals surface area contributed by atoms with Crippen LogP contribution in [0.15, 0.2) is 42.5 Å². The van der Waals surface area contributed by atoms with Crippen molar-refractivity contribution in [1.29, 1.82) is 0 Å². The molecule has 0 atom stereocenters. The van der Waals surface area contributed by atoms with Crippen molar-refractivity contribution < 1.29 is 19.1 Å². The molecule has 2 aromatic carbocycles. The van der Waals surface area contributed by atoms with E-state index in [1.54, 1.807) is 18.2 Å². The molecule has 0 heterocycles. The second kappa shape index (κ2) is 8.57. The van der Waals surface area contributed by atoms with Gasteiger partial charge in [-0.1, -0.05) is 41.4 Å². The van der Waals surface area contributed by atoms with Crippen molar-refractivity contribution in [3.63, 3.8) is 0 Å². The molecule has 1 N–H and O–H groups in total. The van der Waals surface area contributed by atoms with E-state index in [0.717, 1.165) is 5.56 Å². The van der Waals surface area contributed by atoms with E-state index in [-0.39, 0.29) is 6.61 Å². The number of rotatable bonds is 6. The number of aryl methyl sites for hydroxylation is 1. The van der Waals surface area contributed by atoms with Crippen LogP contribution in [-0.2, 0) is 14.3 Å². The summed E-state index contributed by atoms with van der Waals surface area (Å²) >= 11 is 11.7. The molecule has 1 amide bonds. The third-order valence-corrected chi connectivity index (χ3v) is 3.39. The topological polar surface area (TPSA) is 64.6 Å². The first-order chi connectivity index (χ1) is 11.4. The Morgan fingerprint density at radius 2 is 1.71 bits per heavy atom. The Morgan fingerprint density at radius 3 is 2.38 bits per heavy atom. The van der Waals surface area contributed by atoms with Crippen LogP contribution in [0.3, 0.4) is 0 Å². The van der Waals surface area contributed by atoms with Crippen LogP contribution in [0.5, 0.6) is 5.75 Å². The highest BCUT2D eigenvalue weighted by molar-refractivity contribution is 6.35. The first-order valence-corrected chi connectivity index (χ1v) is 7.79. The lowest BCUT2D eigenvalue weighted by Gasteiger charge is -2.09. The molecule has 0 saturated carbocycles. The first-order valence-electron chi connectivity index (χ1n) is 7.04. The summed E-state index contributed by atoms with van der Waals surface area (Å²) in [7, 11) is 0. The van der Waals surface area contributed by atoms with Crippen LogP contribution in [0.4, 0.5) is 5.69 Å². The van der Waals surface area contributed by atoms with Gasteiger partial charge in [-0.25, -0.2) is 4.79 Å². The Bertz CT molecular complexity index is 729. The summed E-state index contributed by atoms with van der Waals surface area (Å²) in [5.74, 6) is -0.553. The second-order valence-electron chi connectivity index (χ2n) is 4.92. The lowest BCUT2D eigenvalue weighted by molar-refractivity contribution is -0.149. The highest BCUT2D eigenvalue weighted by Crippen LogP contribution is 2.22. The quantitative estimate of drug-likeness (QED) is 0.787. The van der Waals surface area contributed by atoms with E-state index >= 15 is 0 Å². The van der Waals surface area contributed by atoms with E-state index < -0.39 is 18.5 Å². The number of nitrogens with one attached hydrogen (secondary N) is 1. The monoisotopic (exact) mass is 367 g/mol. The van der Waals surface area contributed by atoms with E-state index in [1.165, 1.54) is 12.1 Å². The Hall–Kier alpha value is -2.24. The standard InChI is InChI=1S/C17H15Cl2NO4/c1-11-4-2-3-5-15(11)23-10-17(22)24-9-16(21)20-14-7-12(18)6-13(19)8-14/h2-8H,9-10H2,1H3,(H,20,21). The summed E-state index contributed by atoms with van der Waals surface area (Å²) in [6.45, 7) is 1.16. The van der Waals surface area contributed by atoms with Crippen LogP contribution >= 0.6 is 23.2 Å². The first kappa shape index (κ1) is 18.1. The average molecular weight is 368 g/mol. The summed E-state index contributed by atoms with van der Waals surface area (Å²) in [5.41, 5.74) is 1.32. The van der Waals surface area contributed by atoms with Crippen molar-refractivity contribution in [3.05, 3.63) is 58.1 Å². The Labute approximate surface area is 149 Å². The zero-order valence-corrected chi connectivity index (χ0v) is 14.4. The highest BCUT2D eigenvalue weighted by atomic mass is 35.5. The summed E-state index contributed by atoms with van der Waals surface area (Å²) in [4.78, 5) is 23.4. The van der Waals surface area contributed by atoms with Gasteiger partial charge in [-0.3, -0.25) is 4.79 Å². The summed E-state index contributed by atoms with van der Waals surface area (Å²) in [6.07, 6.45) is 0. The molecule has 0 spiro atoms. The molecule has 2 aromatic rings. The fraction of sp³-hybridized carbons (Fsp3) is 0.176. The van der Waals surface area contributed by atoms with Gasteiger partial charge in [-0.2, -0.15) is 0 Å².